The zero-order valence-corrected chi connectivity index (χ0v) is 15.1. The number of benzene rings is 2. The summed E-state index contributed by atoms with van der Waals surface area (Å²) in [6.45, 7) is 0. The van der Waals surface area contributed by atoms with Gasteiger partial charge in [-0.15, -0.1) is 0 Å². The van der Waals surface area contributed by atoms with Crippen LogP contribution in [0, 0.1) is 5.82 Å². The van der Waals surface area contributed by atoms with Crippen LogP contribution >= 0.6 is 0 Å². The molecule has 2 amide bonds. The molecule has 0 aliphatic heterocycles. The first-order valence-electron chi connectivity index (χ1n) is 9.20. The third-order valence-electron chi connectivity index (χ3n) is 4.90. The summed E-state index contributed by atoms with van der Waals surface area (Å²) in [7, 11) is 0. The van der Waals surface area contributed by atoms with Crippen molar-refractivity contribution >= 4 is 23.2 Å². The summed E-state index contributed by atoms with van der Waals surface area (Å²) in [4.78, 5) is 24.7. The van der Waals surface area contributed by atoms with Gasteiger partial charge in [0.15, 0.2) is 0 Å². The summed E-state index contributed by atoms with van der Waals surface area (Å²) in [6.07, 6.45) is 4.35. The Labute approximate surface area is 158 Å². The number of anilines is 2. The lowest BCUT2D eigenvalue weighted by molar-refractivity contribution is -0.122. The number of amides is 2. The Balaban J connectivity index is 1.67. The summed E-state index contributed by atoms with van der Waals surface area (Å²) >= 11 is 0. The predicted molar refractivity (Wildman–Crippen MR) is 104 cm³/mol. The summed E-state index contributed by atoms with van der Waals surface area (Å²) in [5.41, 5.74) is 6.62. The maximum atomic E-state index is 14.1. The van der Waals surface area contributed by atoms with Gasteiger partial charge >= 0.3 is 0 Å². The zero-order valence-electron chi connectivity index (χ0n) is 15.1. The number of nitrogens with one attached hydrogen (secondary N) is 2. The third-order valence-corrected chi connectivity index (χ3v) is 4.90. The molecule has 1 fully saturated rings. The highest BCUT2D eigenvalue weighted by Crippen LogP contribution is 2.28. The van der Waals surface area contributed by atoms with Crippen molar-refractivity contribution in [3.8, 4) is 0 Å². The van der Waals surface area contributed by atoms with Crippen LogP contribution in [0.5, 0.6) is 0 Å². The van der Waals surface area contributed by atoms with Gasteiger partial charge in [-0.05, 0) is 36.6 Å². The van der Waals surface area contributed by atoms with E-state index in [9.17, 15) is 14.0 Å². The van der Waals surface area contributed by atoms with Gasteiger partial charge < -0.3 is 16.4 Å². The molecule has 2 aromatic rings. The molecule has 27 heavy (non-hydrogen) atoms. The average molecular weight is 369 g/mol. The molecule has 0 radical (unpaired) electrons. The lowest BCUT2D eigenvalue weighted by atomic mass is 9.82. The fourth-order valence-electron chi connectivity index (χ4n) is 3.34. The van der Waals surface area contributed by atoms with Crippen molar-refractivity contribution in [3.05, 3.63) is 59.9 Å². The molecule has 0 spiro atoms. The Morgan fingerprint density at radius 1 is 1.00 bits per heavy atom. The molecule has 2 aromatic carbocycles. The molecular weight excluding hydrogens is 345 g/mol. The molecule has 0 atom stereocenters. The Morgan fingerprint density at radius 2 is 1.70 bits per heavy atom. The van der Waals surface area contributed by atoms with Crippen LogP contribution in [0.1, 0.15) is 37.7 Å². The first-order chi connectivity index (χ1) is 13.0. The topological polar surface area (TPSA) is 84.2 Å². The van der Waals surface area contributed by atoms with Crippen LogP contribution in [0.2, 0.25) is 0 Å². The molecule has 6 heteroatoms. The standard InChI is InChI=1S/C21H24FN3O2/c22-17-10-9-16(24-20(27)21(23)11-5-2-6-12-21)14-18(17)25-19(26)13-15-7-3-1-4-8-15/h1,3-4,7-10,14H,2,5-6,11-13,23H2,(H,24,27)(H,25,26). The molecule has 1 aliphatic rings. The van der Waals surface area contributed by atoms with Crippen molar-refractivity contribution < 1.29 is 14.0 Å². The van der Waals surface area contributed by atoms with E-state index in [-0.39, 0.29) is 23.9 Å². The van der Waals surface area contributed by atoms with Gasteiger partial charge in [0.05, 0.1) is 17.6 Å². The summed E-state index contributed by atoms with van der Waals surface area (Å²) in [5.74, 6) is -1.16. The highest BCUT2D eigenvalue weighted by Gasteiger charge is 2.35. The molecule has 1 aliphatic carbocycles. The van der Waals surface area contributed by atoms with Crippen molar-refractivity contribution in [2.45, 2.75) is 44.1 Å². The van der Waals surface area contributed by atoms with E-state index in [0.717, 1.165) is 24.8 Å². The van der Waals surface area contributed by atoms with Crippen LogP contribution in [-0.4, -0.2) is 17.4 Å². The molecule has 3 rings (SSSR count). The molecule has 0 bridgehead atoms. The second-order valence-corrected chi connectivity index (χ2v) is 7.08. The average Bonchev–Trinajstić information content (AvgIpc) is 2.66. The Kier molecular flexibility index (Phi) is 5.86. The van der Waals surface area contributed by atoms with Crippen LogP contribution in [-0.2, 0) is 16.0 Å². The van der Waals surface area contributed by atoms with Gasteiger partial charge in [-0.1, -0.05) is 49.6 Å². The van der Waals surface area contributed by atoms with E-state index < -0.39 is 11.4 Å². The third kappa shape index (κ3) is 4.92. The number of halogens is 1. The second-order valence-electron chi connectivity index (χ2n) is 7.08. The highest BCUT2D eigenvalue weighted by atomic mass is 19.1. The molecule has 1 saturated carbocycles. The van der Waals surface area contributed by atoms with Gasteiger partial charge in [0.2, 0.25) is 11.8 Å². The number of rotatable bonds is 5. The Hall–Kier alpha value is -2.73. The molecule has 4 N–H and O–H groups in total. The number of carbonyl (C=O) groups excluding carboxylic acids is 2. The maximum Gasteiger partial charge on any atom is 0.244 e. The summed E-state index contributed by atoms with van der Waals surface area (Å²) in [6, 6.07) is 13.3. The fourth-order valence-corrected chi connectivity index (χ4v) is 3.34. The minimum Gasteiger partial charge on any atom is -0.324 e. The minimum absolute atomic E-state index is 0.0310. The molecule has 142 valence electrons. The van der Waals surface area contributed by atoms with Crippen molar-refractivity contribution in [1.29, 1.82) is 0 Å². The van der Waals surface area contributed by atoms with E-state index in [2.05, 4.69) is 10.6 Å². The van der Waals surface area contributed by atoms with Crippen LogP contribution in [0.3, 0.4) is 0 Å². The molecular formula is C21H24FN3O2. The highest BCUT2D eigenvalue weighted by molar-refractivity contribution is 5.99. The number of hydrogen-bond donors (Lipinski definition) is 3. The molecule has 0 aromatic heterocycles. The van der Waals surface area contributed by atoms with Crippen LogP contribution in [0.4, 0.5) is 15.8 Å². The number of nitrogens with two attached hydrogens (primary N) is 1. The SMILES string of the molecule is NC1(C(=O)Nc2ccc(F)c(NC(=O)Cc3ccccc3)c2)CCCCC1. The molecule has 0 heterocycles. The monoisotopic (exact) mass is 369 g/mol. The lowest BCUT2D eigenvalue weighted by Crippen LogP contribution is -2.52. The molecule has 0 unspecified atom stereocenters. The lowest BCUT2D eigenvalue weighted by Gasteiger charge is -2.31. The van der Waals surface area contributed by atoms with Gasteiger partial charge in [0.1, 0.15) is 5.82 Å². The zero-order chi connectivity index (χ0) is 19.3. The predicted octanol–water partition coefficient (Wildman–Crippen LogP) is 3.61. The van der Waals surface area contributed by atoms with Crippen molar-refractivity contribution in [1.82, 2.24) is 0 Å². The molecule has 0 saturated heterocycles. The van der Waals surface area contributed by atoms with Crippen molar-refractivity contribution in [2.75, 3.05) is 10.6 Å². The second kappa shape index (κ2) is 8.31. The van der Waals surface area contributed by atoms with Crippen molar-refractivity contribution in [2.24, 2.45) is 5.73 Å². The summed E-state index contributed by atoms with van der Waals surface area (Å²) < 4.78 is 14.1. The van der Waals surface area contributed by atoms with Gasteiger partial charge in [0.25, 0.3) is 0 Å². The Morgan fingerprint density at radius 3 is 2.41 bits per heavy atom. The summed E-state index contributed by atoms with van der Waals surface area (Å²) in [5, 5.41) is 5.33. The minimum atomic E-state index is -0.886. The van der Waals surface area contributed by atoms with E-state index in [1.54, 1.807) is 0 Å². The smallest absolute Gasteiger partial charge is 0.244 e. The van der Waals surface area contributed by atoms with Gasteiger partial charge in [0, 0.05) is 5.69 Å². The number of carbonyl (C=O) groups is 2. The van der Waals surface area contributed by atoms with Crippen LogP contribution in [0.25, 0.3) is 0 Å². The largest absolute Gasteiger partial charge is 0.324 e. The van der Waals surface area contributed by atoms with E-state index in [4.69, 9.17) is 5.73 Å². The van der Waals surface area contributed by atoms with E-state index in [1.807, 2.05) is 30.3 Å². The van der Waals surface area contributed by atoms with Gasteiger partial charge in [-0.3, -0.25) is 9.59 Å². The normalized spacial score (nSPS) is 15.8. The Bertz CT molecular complexity index is 817. The first-order valence-corrected chi connectivity index (χ1v) is 9.20. The van der Waals surface area contributed by atoms with Gasteiger partial charge in [-0.2, -0.15) is 0 Å². The quantitative estimate of drug-likeness (QED) is 0.753. The molecule has 5 nitrogen and oxygen atoms in total. The number of hydrogen-bond acceptors (Lipinski definition) is 3. The van der Waals surface area contributed by atoms with E-state index in [1.165, 1.54) is 18.2 Å². The van der Waals surface area contributed by atoms with Gasteiger partial charge in [-0.25, -0.2) is 4.39 Å². The maximum absolute atomic E-state index is 14.1. The first kappa shape index (κ1) is 19.0. The van der Waals surface area contributed by atoms with Crippen LogP contribution in [0.15, 0.2) is 48.5 Å². The van der Waals surface area contributed by atoms with Crippen molar-refractivity contribution in [3.63, 3.8) is 0 Å². The van der Waals surface area contributed by atoms with E-state index in [0.29, 0.717) is 18.5 Å². The fraction of sp³-hybridized carbons (Fsp3) is 0.333. The van der Waals surface area contributed by atoms with E-state index >= 15 is 0 Å². The van der Waals surface area contributed by atoms with Crippen LogP contribution < -0.4 is 16.4 Å².